The zero-order valence-electron chi connectivity index (χ0n) is 12.5. The molecule has 1 N–H and O–H groups in total. The van der Waals surface area contributed by atoms with Gasteiger partial charge in [-0.2, -0.15) is 0 Å². The van der Waals surface area contributed by atoms with Crippen LogP contribution in [0.2, 0.25) is 0 Å². The first-order valence-electron chi connectivity index (χ1n) is 6.97. The fourth-order valence-corrected chi connectivity index (χ4v) is 1.82. The summed E-state index contributed by atoms with van der Waals surface area (Å²) in [6.07, 6.45) is 2.15. The van der Waals surface area contributed by atoms with Crippen LogP contribution in [0, 0.1) is 13.8 Å². The van der Waals surface area contributed by atoms with Gasteiger partial charge in [0.05, 0.1) is 0 Å². The molecule has 0 aliphatic rings. The molecule has 1 aromatic carbocycles. The van der Waals surface area contributed by atoms with E-state index in [9.17, 15) is 0 Å². The number of nitrogens with one attached hydrogen (secondary N) is 1. The molecule has 0 spiro atoms. The van der Waals surface area contributed by atoms with E-state index in [1.54, 1.807) is 0 Å². The van der Waals surface area contributed by atoms with E-state index in [4.69, 9.17) is 4.74 Å². The normalized spacial score (nSPS) is 14.3. The smallest absolute Gasteiger partial charge is 0.120 e. The molecule has 0 heterocycles. The summed E-state index contributed by atoms with van der Waals surface area (Å²) in [6, 6.07) is 6.32. The molecule has 2 nitrogen and oxygen atoms in total. The quantitative estimate of drug-likeness (QED) is 0.741. The summed E-state index contributed by atoms with van der Waals surface area (Å²) in [5.74, 6) is 0.973. The molecule has 0 aliphatic carbocycles. The van der Waals surface area contributed by atoms with E-state index in [1.807, 2.05) is 0 Å². The van der Waals surface area contributed by atoms with E-state index in [1.165, 1.54) is 11.1 Å². The molecule has 0 fully saturated rings. The Balaban J connectivity index is 2.68. The van der Waals surface area contributed by atoms with Crippen LogP contribution in [0.5, 0.6) is 5.75 Å². The van der Waals surface area contributed by atoms with Crippen LogP contribution in [0.15, 0.2) is 18.2 Å². The zero-order chi connectivity index (χ0) is 13.6. The summed E-state index contributed by atoms with van der Waals surface area (Å²) in [6.45, 7) is 12.7. The van der Waals surface area contributed by atoms with Crippen LogP contribution in [0.1, 0.15) is 44.7 Å². The van der Waals surface area contributed by atoms with E-state index < -0.39 is 0 Å². The van der Waals surface area contributed by atoms with Crippen LogP contribution < -0.4 is 10.1 Å². The van der Waals surface area contributed by atoms with Gasteiger partial charge in [0.15, 0.2) is 0 Å². The lowest BCUT2D eigenvalue weighted by Crippen LogP contribution is -2.42. The van der Waals surface area contributed by atoms with Crippen LogP contribution in [-0.4, -0.2) is 18.7 Å². The molecule has 102 valence electrons. The van der Waals surface area contributed by atoms with E-state index in [-0.39, 0.29) is 5.60 Å². The van der Waals surface area contributed by atoms with Crippen molar-refractivity contribution in [1.82, 2.24) is 5.32 Å². The maximum atomic E-state index is 6.17. The first-order valence-corrected chi connectivity index (χ1v) is 6.97. The lowest BCUT2D eigenvalue weighted by Gasteiger charge is -2.30. The third-order valence-corrected chi connectivity index (χ3v) is 3.52. The number of hydrogen-bond acceptors (Lipinski definition) is 2. The predicted molar refractivity (Wildman–Crippen MR) is 78.4 cm³/mol. The molecule has 18 heavy (non-hydrogen) atoms. The minimum atomic E-state index is -0.128. The van der Waals surface area contributed by atoms with Gasteiger partial charge in [-0.3, -0.25) is 0 Å². The van der Waals surface area contributed by atoms with Gasteiger partial charge in [0, 0.05) is 6.54 Å². The van der Waals surface area contributed by atoms with Gasteiger partial charge < -0.3 is 10.1 Å². The maximum Gasteiger partial charge on any atom is 0.120 e. The summed E-state index contributed by atoms with van der Waals surface area (Å²) in [5.41, 5.74) is 2.47. The monoisotopic (exact) mass is 249 g/mol. The summed E-state index contributed by atoms with van der Waals surface area (Å²) in [7, 11) is 0. The van der Waals surface area contributed by atoms with Crippen molar-refractivity contribution in [1.29, 1.82) is 0 Å². The Bertz CT molecular complexity index is 375. The minimum Gasteiger partial charge on any atom is -0.486 e. The van der Waals surface area contributed by atoms with Gasteiger partial charge in [-0.05, 0) is 63.4 Å². The minimum absolute atomic E-state index is 0.128. The van der Waals surface area contributed by atoms with Crippen molar-refractivity contribution in [2.75, 3.05) is 13.1 Å². The second-order valence-electron chi connectivity index (χ2n) is 5.33. The Morgan fingerprint density at radius 3 is 2.44 bits per heavy atom. The molecule has 0 bridgehead atoms. The third-order valence-electron chi connectivity index (χ3n) is 3.52. The van der Waals surface area contributed by atoms with E-state index in [2.05, 4.69) is 58.1 Å². The second kappa shape index (κ2) is 6.79. The van der Waals surface area contributed by atoms with Crippen LogP contribution in [-0.2, 0) is 0 Å². The van der Waals surface area contributed by atoms with E-state index in [0.717, 1.165) is 31.7 Å². The highest BCUT2D eigenvalue weighted by molar-refractivity contribution is 5.34. The van der Waals surface area contributed by atoms with Gasteiger partial charge in [-0.15, -0.1) is 0 Å². The van der Waals surface area contributed by atoms with Crippen molar-refractivity contribution in [3.8, 4) is 5.75 Å². The maximum absolute atomic E-state index is 6.17. The number of aryl methyl sites for hydroxylation is 2. The van der Waals surface area contributed by atoms with Crippen LogP contribution in [0.3, 0.4) is 0 Å². The van der Waals surface area contributed by atoms with Gasteiger partial charge in [-0.1, -0.05) is 19.9 Å². The van der Waals surface area contributed by atoms with Crippen LogP contribution >= 0.6 is 0 Å². The molecule has 0 amide bonds. The Morgan fingerprint density at radius 1 is 1.17 bits per heavy atom. The van der Waals surface area contributed by atoms with E-state index >= 15 is 0 Å². The predicted octanol–water partition coefficient (Wildman–Crippen LogP) is 3.85. The average Bonchev–Trinajstić information content (AvgIpc) is 2.34. The largest absolute Gasteiger partial charge is 0.486 e. The summed E-state index contributed by atoms with van der Waals surface area (Å²) in [4.78, 5) is 0. The van der Waals surface area contributed by atoms with Crippen LogP contribution in [0.25, 0.3) is 0 Å². The average molecular weight is 249 g/mol. The molecule has 0 saturated heterocycles. The molecule has 0 aromatic heterocycles. The lowest BCUT2D eigenvalue weighted by molar-refractivity contribution is 0.0837. The topological polar surface area (TPSA) is 21.3 Å². The van der Waals surface area contributed by atoms with Crippen molar-refractivity contribution in [2.45, 2.75) is 53.1 Å². The summed E-state index contributed by atoms with van der Waals surface area (Å²) in [5, 5.41) is 3.45. The summed E-state index contributed by atoms with van der Waals surface area (Å²) >= 11 is 0. The molecule has 0 saturated carbocycles. The molecule has 0 radical (unpaired) electrons. The Kier molecular flexibility index (Phi) is 5.67. The van der Waals surface area contributed by atoms with Gasteiger partial charge in [0.1, 0.15) is 11.4 Å². The number of hydrogen-bond donors (Lipinski definition) is 1. The molecule has 0 aliphatic heterocycles. The van der Waals surface area contributed by atoms with E-state index in [0.29, 0.717) is 0 Å². The standard InChI is InChI=1S/C16H27NO/c1-6-10-17-12-16(5,7-2)18-15-9-8-13(3)14(4)11-15/h8-9,11,17H,6-7,10,12H2,1-5H3. The Labute approximate surface area is 112 Å². The fourth-order valence-electron chi connectivity index (χ4n) is 1.82. The highest BCUT2D eigenvalue weighted by Gasteiger charge is 2.23. The van der Waals surface area contributed by atoms with Gasteiger partial charge in [-0.25, -0.2) is 0 Å². The SMILES string of the molecule is CCCNCC(C)(CC)Oc1ccc(C)c(C)c1. The molecular weight excluding hydrogens is 222 g/mol. The van der Waals surface area contributed by atoms with Gasteiger partial charge in [0.2, 0.25) is 0 Å². The van der Waals surface area contributed by atoms with Crippen molar-refractivity contribution in [3.63, 3.8) is 0 Å². The van der Waals surface area contributed by atoms with Crippen molar-refractivity contribution >= 4 is 0 Å². The lowest BCUT2D eigenvalue weighted by atomic mass is 10.0. The molecule has 1 aromatic rings. The summed E-state index contributed by atoms with van der Waals surface area (Å²) < 4.78 is 6.17. The van der Waals surface area contributed by atoms with Crippen molar-refractivity contribution in [2.24, 2.45) is 0 Å². The number of ether oxygens (including phenoxy) is 1. The Hall–Kier alpha value is -1.02. The molecule has 2 heteroatoms. The van der Waals surface area contributed by atoms with Gasteiger partial charge >= 0.3 is 0 Å². The first kappa shape index (κ1) is 15.0. The third kappa shape index (κ3) is 4.34. The number of rotatable bonds is 7. The second-order valence-corrected chi connectivity index (χ2v) is 5.33. The van der Waals surface area contributed by atoms with Crippen LogP contribution in [0.4, 0.5) is 0 Å². The Morgan fingerprint density at radius 2 is 1.89 bits per heavy atom. The number of benzene rings is 1. The zero-order valence-corrected chi connectivity index (χ0v) is 12.5. The highest BCUT2D eigenvalue weighted by atomic mass is 16.5. The molecule has 1 atom stereocenters. The molecule has 1 unspecified atom stereocenters. The molecular formula is C16H27NO. The van der Waals surface area contributed by atoms with Crippen molar-refractivity contribution < 1.29 is 4.74 Å². The molecule has 1 rings (SSSR count). The van der Waals surface area contributed by atoms with Gasteiger partial charge in [0.25, 0.3) is 0 Å². The first-order chi connectivity index (χ1) is 8.50. The fraction of sp³-hybridized carbons (Fsp3) is 0.625. The van der Waals surface area contributed by atoms with Crippen molar-refractivity contribution in [3.05, 3.63) is 29.3 Å². The highest BCUT2D eigenvalue weighted by Crippen LogP contribution is 2.23.